The summed E-state index contributed by atoms with van der Waals surface area (Å²) in [5.41, 5.74) is 3.05. The Morgan fingerprint density at radius 1 is 0.644 bits per heavy atom. The van der Waals surface area contributed by atoms with E-state index in [1.54, 1.807) is 0 Å². The van der Waals surface area contributed by atoms with Crippen LogP contribution in [0.15, 0.2) is 18.2 Å². The van der Waals surface area contributed by atoms with Gasteiger partial charge >= 0.3 is 5.97 Å². The van der Waals surface area contributed by atoms with E-state index in [0.29, 0.717) is 19.6 Å². The van der Waals surface area contributed by atoms with Crippen LogP contribution in [0.25, 0.3) is 0 Å². The Morgan fingerprint density at radius 2 is 1.18 bits per heavy atom. The third-order valence-electron chi connectivity index (χ3n) is 8.50. The fourth-order valence-electron chi connectivity index (χ4n) is 5.71. The Morgan fingerprint density at radius 3 is 1.78 bits per heavy atom. The Kier molecular flexibility index (Phi) is 28.8. The van der Waals surface area contributed by atoms with Crippen LogP contribution in [0.1, 0.15) is 185 Å². The Hall–Kier alpha value is -1.43. The van der Waals surface area contributed by atoms with Gasteiger partial charge in [0.1, 0.15) is 6.61 Å². The SMILES string of the molecule is CCC[CH]CCCCCCCCc1cc(CO)cc(COC(=O)CCC(OCCCCCCCC)OCCCCCCCC)c1. The second-order valence-corrected chi connectivity index (χ2v) is 13.0. The number of carbonyl (C=O) groups is 1. The van der Waals surface area contributed by atoms with Gasteiger partial charge in [-0.2, -0.15) is 0 Å². The summed E-state index contributed by atoms with van der Waals surface area (Å²) in [7, 11) is 0. The number of esters is 1. The molecule has 0 aliphatic carbocycles. The van der Waals surface area contributed by atoms with E-state index in [-0.39, 0.29) is 31.9 Å². The van der Waals surface area contributed by atoms with Crippen LogP contribution in [0.5, 0.6) is 0 Å². The van der Waals surface area contributed by atoms with E-state index in [9.17, 15) is 9.90 Å². The van der Waals surface area contributed by atoms with Gasteiger partial charge in [0.2, 0.25) is 0 Å². The molecule has 1 rings (SSSR count). The van der Waals surface area contributed by atoms with Crippen molar-refractivity contribution in [2.75, 3.05) is 13.2 Å². The van der Waals surface area contributed by atoms with E-state index in [1.165, 1.54) is 121 Å². The molecule has 0 saturated heterocycles. The molecule has 5 heteroatoms. The lowest BCUT2D eigenvalue weighted by Gasteiger charge is -2.19. The maximum Gasteiger partial charge on any atom is 0.306 e. The molecule has 1 radical (unpaired) electrons. The van der Waals surface area contributed by atoms with Crippen molar-refractivity contribution in [1.82, 2.24) is 0 Å². The highest BCUT2D eigenvalue weighted by Crippen LogP contribution is 2.17. The predicted octanol–water partition coefficient (Wildman–Crippen LogP) is 11.4. The number of hydrogen-bond donors (Lipinski definition) is 1. The number of aliphatic hydroxyl groups is 1. The van der Waals surface area contributed by atoms with Crippen LogP contribution >= 0.6 is 0 Å². The summed E-state index contributed by atoms with van der Waals surface area (Å²) in [4.78, 5) is 12.7. The van der Waals surface area contributed by atoms with E-state index in [1.807, 2.05) is 6.07 Å². The molecule has 261 valence electrons. The monoisotopic (exact) mass is 632 g/mol. The van der Waals surface area contributed by atoms with Crippen LogP contribution in [0.2, 0.25) is 0 Å². The number of aryl methyl sites for hydroxylation is 1. The Balaban J connectivity index is 2.42. The molecule has 0 atom stereocenters. The molecule has 0 unspecified atom stereocenters. The highest BCUT2D eigenvalue weighted by molar-refractivity contribution is 5.69. The topological polar surface area (TPSA) is 65.0 Å². The number of rotatable bonds is 33. The first-order chi connectivity index (χ1) is 22.1. The quantitative estimate of drug-likeness (QED) is 0.0475. The lowest BCUT2D eigenvalue weighted by molar-refractivity contribution is -0.160. The molecule has 0 aromatic heterocycles. The molecule has 1 aromatic carbocycles. The molecule has 1 N–H and O–H groups in total. The van der Waals surface area contributed by atoms with Crippen LogP contribution in [-0.4, -0.2) is 30.6 Å². The van der Waals surface area contributed by atoms with Gasteiger partial charge in [0.05, 0.1) is 13.0 Å². The van der Waals surface area contributed by atoms with Gasteiger partial charge in [-0.1, -0.05) is 155 Å². The average molecular weight is 632 g/mol. The number of hydrogen-bond acceptors (Lipinski definition) is 5. The number of unbranched alkanes of at least 4 members (excludes halogenated alkanes) is 19. The minimum atomic E-state index is -0.354. The molecule has 0 aliphatic rings. The summed E-state index contributed by atoms with van der Waals surface area (Å²) < 4.78 is 17.8. The van der Waals surface area contributed by atoms with Crippen LogP contribution in [-0.2, 0) is 38.6 Å². The summed E-state index contributed by atoms with van der Waals surface area (Å²) in [6, 6.07) is 6.16. The molecule has 0 heterocycles. The van der Waals surface area contributed by atoms with Crippen molar-refractivity contribution in [1.29, 1.82) is 0 Å². The standard InChI is InChI=1S/C40H71O5/c1-4-7-10-13-16-17-18-19-20-23-26-36-31-37(34-41)33-38(32-36)35-45-39(42)27-28-40(43-29-24-21-14-11-8-5-2)44-30-25-22-15-12-9-6-3/h10,31-33,40-41H,4-9,11-30,34-35H2,1-3H3. The zero-order valence-electron chi connectivity index (χ0n) is 29.8. The Bertz CT molecular complexity index is 777. The summed E-state index contributed by atoms with van der Waals surface area (Å²) in [5, 5.41) is 9.80. The third kappa shape index (κ3) is 25.4. The van der Waals surface area contributed by atoms with Gasteiger partial charge in [0.25, 0.3) is 0 Å². The first-order valence-electron chi connectivity index (χ1n) is 19.1. The lowest BCUT2D eigenvalue weighted by Crippen LogP contribution is -2.21. The molecule has 0 aliphatic heterocycles. The van der Waals surface area contributed by atoms with E-state index in [4.69, 9.17) is 14.2 Å². The molecule has 0 fully saturated rings. The van der Waals surface area contributed by atoms with Crippen molar-refractivity contribution >= 4 is 5.97 Å². The van der Waals surface area contributed by atoms with Crippen molar-refractivity contribution < 1.29 is 24.1 Å². The van der Waals surface area contributed by atoms with Gasteiger partial charge in [-0.15, -0.1) is 0 Å². The first kappa shape index (κ1) is 41.6. The average Bonchev–Trinajstić information content (AvgIpc) is 3.05. The normalized spacial score (nSPS) is 11.5. The molecule has 0 spiro atoms. The van der Waals surface area contributed by atoms with Crippen LogP contribution < -0.4 is 0 Å². The van der Waals surface area contributed by atoms with Crippen molar-refractivity contribution in [3.8, 4) is 0 Å². The highest BCUT2D eigenvalue weighted by Gasteiger charge is 2.14. The minimum Gasteiger partial charge on any atom is -0.461 e. The molecular weight excluding hydrogens is 560 g/mol. The Labute approximate surface area is 278 Å². The van der Waals surface area contributed by atoms with E-state index < -0.39 is 0 Å². The van der Waals surface area contributed by atoms with Crippen molar-refractivity contribution in [2.24, 2.45) is 0 Å². The second kappa shape index (κ2) is 31.2. The molecule has 0 amide bonds. The van der Waals surface area contributed by atoms with Gasteiger partial charge in [0.15, 0.2) is 6.29 Å². The molecule has 0 bridgehead atoms. The molecule has 1 aromatic rings. The largest absolute Gasteiger partial charge is 0.461 e. The van der Waals surface area contributed by atoms with Gasteiger partial charge < -0.3 is 19.3 Å². The van der Waals surface area contributed by atoms with Crippen molar-refractivity contribution in [3.05, 3.63) is 41.3 Å². The van der Waals surface area contributed by atoms with Gasteiger partial charge in [0, 0.05) is 19.6 Å². The maximum absolute atomic E-state index is 12.7. The smallest absolute Gasteiger partial charge is 0.306 e. The van der Waals surface area contributed by atoms with Crippen LogP contribution in [0.4, 0.5) is 0 Å². The molecular formula is C40H71O5. The zero-order chi connectivity index (χ0) is 32.6. The second-order valence-electron chi connectivity index (χ2n) is 13.0. The minimum absolute atomic E-state index is 0.00258. The molecule has 0 saturated carbocycles. The van der Waals surface area contributed by atoms with Crippen LogP contribution in [0.3, 0.4) is 0 Å². The van der Waals surface area contributed by atoms with E-state index in [2.05, 4.69) is 39.3 Å². The highest BCUT2D eigenvalue weighted by atomic mass is 16.7. The maximum atomic E-state index is 12.7. The third-order valence-corrected chi connectivity index (χ3v) is 8.50. The fourth-order valence-corrected chi connectivity index (χ4v) is 5.71. The van der Waals surface area contributed by atoms with E-state index >= 15 is 0 Å². The van der Waals surface area contributed by atoms with Gasteiger partial charge in [-0.05, 0) is 48.8 Å². The summed E-state index contributed by atoms with van der Waals surface area (Å²) in [6.07, 6.45) is 29.9. The van der Waals surface area contributed by atoms with Gasteiger partial charge in [-0.25, -0.2) is 0 Å². The fraction of sp³-hybridized carbons (Fsp3) is 0.800. The summed E-state index contributed by atoms with van der Waals surface area (Å²) in [6.45, 7) is 8.30. The lowest BCUT2D eigenvalue weighted by atomic mass is 10.0. The number of ether oxygens (including phenoxy) is 3. The number of benzene rings is 1. The number of aliphatic hydroxyl groups excluding tert-OH is 1. The number of carbonyl (C=O) groups excluding carboxylic acids is 1. The van der Waals surface area contributed by atoms with Crippen molar-refractivity contribution in [2.45, 2.75) is 194 Å². The van der Waals surface area contributed by atoms with E-state index in [0.717, 1.165) is 36.8 Å². The molecule has 45 heavy (non-hydrogen) atoms. The van der Waals surface area contributed by atoms with Gasteiger partial charge in [-0.3, -0.25) is 4.79 Å². The van der Waals surface area contributed by atoms with Crippen molar-refractivity contribution in [3.63, 3.8) is 0 Å². The first-order valence-corrected chi connectivity index (χ1v) is 19.1. The van der Waals surface area contributed by atoms with Crippen LogP contribution in [0, 0.1) is 6.42 Å². The zero-order valence-corrected chi connectivity index (χ0v) is 29.8. The molecule has 5 nitrogen and oxygen atoms in total. The summed E-state index contributed by atoms with van der Waals surface area (Å²) >= 11 is 0. The predicted molar refractivity (Wildman–Crippen MR) is 189 cm³/mol. The summed E-state index contributed by atoms with van der Waals surface area (Å²) in [5.74, 6) is -0.227.